The Morgan fingerprint density at radius 2 is 2.06 bits per heavy atom. The molecule has 0 spiro atoms. The van der Waals surface area contributed by atoms with E-state index in [2.05, 4.69) is 5.32 Å². The van der Waals surface area contributed by atoms with Gasteiger partial charge in [0, 0.05) is 6.42 Å². The molecule has 1 N–H and O–H groups in total. The molecule has 1 aliphatic heterocycles. The van der Waals surface area contributed by atoms with E-state index in [1.807, 2.05) is 18.2 Å². The fraction of sp³-hybridized carbons (Fsp3) is 0.417. The largest absolute Gasteiger partial charge is 0.493 e. The Hall–Kier alpha value is -1.91. The molecule has 0 bridgehead atoms. The molecule has 1 aromatic carbocycles. The summed E-state index contributed by atoms with van der Waals surface area (Å²) in [6, 6.07) is 5.58. The van der Waals surface area contributed by atoms with Crippen LogP contribution in [0.3, 0.4) is 0 Å². The Bertz CT molecular complexity index is 419. The minimum Gasteiger partial charge on any atom is -0.493 e. The molecule has 92 valence electrons. The minimum atomic E-state index is -0.379. The Morgan fingerprint density at radius 1 is 1.29 bits per heavy atom. The van der Waals surface area contributed by atoms with E-state index < -0.39 is 0 Å². The number of alkyl carbamates (subject to hydrolysis) is 1. The van der Waals surface area contributed by atoms with Crippen LogP contribution in [-0.2, 0) is 4.74 Å². The monoisotopic (exact) mass is 237 g/mol. The summed E-state index contributed by atoms with van der Waals surface area (Å²) in [7, 11) is 3.18. The van der Waals surface area contributed by atoms with Gasteiger partial charge >= 0.3 is 6.09 Å². The quantitative estimate of drug-likeness (QED) is 0.872. The van der Waals surface area contributed by atoms with Crippen molar-refractivity contribution in [2.75, 3.05) is 20.8 Å². The average molecular weight is 237 g/mol. The number of carbonyl (C=O) groups excluding carboxylic acids is 1. The van der Waals surface area contributed by atoms with E-state index >= 15 is 0 Å². The fourth-order valence-corrected chi connectivity index (χ4v) is 1.85. The number of hydrogen-bond donors (Lipinski definition) is 1. The predicted octanol–water partition coefficient (Wildman–Crippen LogP) is 1.87. The molecule has 1 saturated heterocycles. The van der Waals surface area contributed by atoms with Gasteiger partial charge in [0.1, 0.15) is 0 Å². The highest BCUT2D eigenvalue weighted by atomic mass is 16.6. The van der Waals surface area contributed by atoms with Gasteiger partial charge in [0.2, 0.25) is 0 Å². The number of carbonyl (C=O) groups is 1. The van der Waals surface area contributed by atoms with Crippen LogP contribution >= 0.6 is 0 Å². The standard InChI is InChI=1S/C12H15NO4/c1-15-10-4-3-8(7-11(10)16-2)9-5-6-17-12(14)13-9/h3-4,7,9H,5-6H2,1-2H3,(H,13,14)/t9-/m0/s1. The van der Waals surface area contributed by atoms with Gasteiger partial charge in [0.05, 0.1) is 26.9 Å². The first-order valence-corrected chi connectivity index (χ1v) is 5.40. The second-order valence-electron chi connectivity index (χ2n) is 3.74. The van der Waals surface area contributed by atoms with E-state index in [9.17, 15) is 4.79 Å². The maximum absolute atomic E-state index is 11.1. The molecular formula is C12H15NO4. The highest BCUT2D eigenvalue weighted by Gasteiger charge is 2.21. The molecule has 1 aromatic rings. The van der Waals surface area contributed by atoms with Crippen molar-refractivity contribution in [2.45, 2.75) is 12.5 Å². The lowest BCUT2D eigenvalue weighted by molar-refractivity contribution is 0.115. The van der Waals surface area contributed by atoms with Crippen LogP contribution in [-0.4, -0.2) is 26.9 Å². The van der Waals surface area contributed by atoms with Crippen molar-refractivity contribution in [1.29, 1.82) is 0 Å². The van der Waals surface area contributed by atoms with Gasteiger partial charge < -0.3 is 19.5 Å². The third-order valence-corrected chi connectivity index (χ3v) is 2.74. The lowest BCUT2D eigenvalue weighted by atomic mass is 10.0. The van der Waals surface area contributed by atoms with Gasteiger partial charge in [-0.25, -0.2) is 4.79 Å². The van der Waals surface area contributed by atoms with Crippen LogP contribution in [0.15, 0.2) is 18.2 Å². The number of ether oxygens (including phenoxy) is 3. The van der Waals surface area contributed by atoms with Crippen molar-refractivity contribution in [3.63, 3.8) is 0 Å². The van der Waals surface area contributed by atoms with Crippen LogP contribution < -0.4 is 14.8 Å². The van der Waals surface area contributed by atoms with Crippen molar-refractivity contribution >= 4 is 6.09 Å². The first kappa shape index (κ1) is 11.6. The topological polar surface area (TPSA) is 56.8 Å². The van der Waals surface area contributed by atoms with Crippen LogP contribution in [0.5, 0.6) is 11.5 Å². The number of benzene rings is 1. The Kier molecular flexibility index (Phi) is 3.37. The summed E-state index contributed by atoms with van der Waals surface area (Å²) in [6.07, 6.45) is 0.373. The van der Waals surface area contributed by atoms with Crippen LogP contribution in [0.25, 0.3) is 0 Å². The molecule has 17 heavy (non-hydrogen) atoms. The Morgan fingerprint density at radius 3 is 2.71 bits per heavy atom. The van der Waals surface area contributed by atoms with Crippen molar-refractivity contribution in [3.05, 3.63) is 23.8 Å². The predicted molar refractivity (Wildman–Crippen MR) is 61.4 cm³/mol. The van der Waals surface area contributed by atoms with Gasteiger partial charge in [-0.05, 0) is 17.7 Å². The Labute approximate surface area is 99.7 Å². The van der Waals surface area contributed by atoms with Gasteiger partial charge in [0.25, 0.3) is 0 Å². The maximum Gasteiger partial charge on any atom is 0.407 e. The lowest BCUT2D eigenvalue weighted by Crippen LogP contribution is -2.35. The smallest absolute Gasteiger partial charge is 0.407 e. The molecule has 0 unspecified atom stereocenters. The number of hydrogen-bond acceptors (Lipinski definition) is 4. The molecule has 1 aliphatic rings. The minimum absolute atomic E-state index is 0.0314. The van der Waals surface area contributed by atoms with Gasteiger partial charge in [-0.2, -0.15) is 0 Å². The molecule has 5 nitrogen and oxygen atoms in total. The van der Waals surface area contributed by atoms with E-state index in [1.165, 1.54) is 0 Å². The highest BCUT2D eigenvalue weighted by molar-refractivity contribution is 5.68. The molecule has 0 aliphatic carbocycles. The molecule has 1 amide bonds. The molecule has 0 radical (unpaired) electrons. The van der Waals surface area contributed by atoms with Gasteiger partial charge in [-0.3, -0.25) is 0 Å². The number of nitrogens with one attached hydrogen (secondary N) is 1. The van der Waals surface area contributed by atoms with Gasteiger partial charge in [-0.15, -0.1) is 0 Å². The normalized spacial score (nSPS) is 19.2. The van der Waals surface area contributed by atoms with E-state index in [4.69, 9.17) is 14.2 Å². The second-order valence-corrected chi connectivity index (χ2v) is 3.74. The van der Waals surface area contributed by atoms with Crippen LogP contribution in [0.2, 0.25) is 0 Å². The lowest BCUT2D eigenvalue weighted by Gasteiger charge is -2.24. The molecular weight excluding hydrogens is 222 g/mol. The van der Waals surface area contributed by atoms with Crippen molar-refractivity contribution in [1.82, 2.24) is 5.32 Å². The van der Waals surface area contributed by atoms with Crippen LogP contribution in [0, 0.1) is 0 Å². The first-order chi connectivity index (χ1) is 8.24. The van der Waals surface area contributed by atoms with E-state index in [-0.39, 0.29) is 12.1 Å². The van der Waals surface area contributed by atoms with E-state index in [1.54, 1.807) is 14.2 Å². The Balaban J connectivity index is 2.23. The third-order valence-electron chi connectivity index (χ3n) is 2.74. The third kappa shape index (κ3) is 2.43. The zero-order valence-corrected chi connectivity index (χ0v) is 9.86. The average Bonchev–Trinajstić information content (AvgIpc) is 2.38. The highest BCUT2D eigenvalue weighted by Crippen LogP contribution is 2.31. The first-order valence-electron chi connectivity index (χ1n) is 5.40. The van der Waals surface area contributed by atoms with Gasteiger partial charge in [-0.1, -0.05) is 6.07 Å². The number of rotatable bonds is 3. The number of amides is 1. The summed E-state index contributed by atoms with van der Waals surface area (Å²) in [5.74, 6) is 1.33. The molecule has 1 atom stereocenters. The summed E-state index contributed by atoms with van der Waals surface area (Å²) in [5, 5.41) is 2.76. The second kappa shape index (κ2) is 4.95. The molecule has 1 heterocycles. The maximum atomic E-state index is 11.1. The van der Waals surface area contributed by atoms with E-state index in [0.717, 1.165) is 12.0 Å². The summed E-state index contributed by atoms with van der Waals surface area (Å²) in [4.78, 5) is 11.1. The molecule has 0 saturated carbocycles. The zero-order valence-electron chi connectivity index (χ0n) is 9.86. The molecule has 0 aromatic heterocycles. The van der Waals surface area contributed by atoms with E-state index in [0.29, 0.717) is 18.1 Å². The molecule has 5 heteroatoms. The van der Waals surface area contributed by atoms with Crippen molar-refractivity contribution < 1.29 is 19.0 Å². The summed E-state index contributed by atoms with van der Waals surface area (Å²) < 4.78 is 15.2. The molecule has 1 fully saturated rings. The van der Waals surface area contributed by atoms with Gasteiger partial charge in [0.15, 0.2) is 11.5 Å². The van der Waals surface area contributed by atoms with Crippen LogP contribution in [0.1, 0.15) is 18.0 Å². The summed E-state index contributed by atoms with van der Waals surface area (Å²) in [5.41, 5.74) is 0.985. The fourth-order valence-electron chi connectivity index (χ4n) is 1.85. The van der Waals surface area contributed by atoms with Crippen molar-refractivity contribution in [2.24, 2.45) is 0 Å². The summed E-state index contributed by atoms with van der Waals surface area (Å²) >= 11 is 0. The van der Waals surface area contributed by atoms with Crippen molar-refractivity contribution in [3.8, 4) is 11.5 Å². The number of cyclic esters (lactones) is 1. The zero-order chi connectivity index (χ0) is 12.3. The summed E-state index contributed by atoms with van der Waals surface area (Å²) in [6.45, 7) is 0.435. The SMILES string of the molecule is COc1ccc([C@@H]2CCOC(=O)N2)cc1OC. The number of methoxy groups -OCH3 is 2. The molecule has 2 rings (SSSR count). The van der Waals surface area contributed by atoms with Crippen LogP contribution in [0.4, 0.5) is 4.79 Å².